The summed E-state index contributed by atoms with van der Waals surface area (Å²) in [4.78, 5) is 4.44. The van der Waals surface area contributed by atoms with E-state index in [1.165, 1.54) is 0 Å². The molecule has 1 N–H and O–H groups in total. The molecular formula is C20H12N6O. The Labute approximate surface area is 155 Å². The third-order valence-electron chi connectivity index (χ3n) is 3.81. The Bertz CT molecular complexity index is 1140. The maximum Gasteiger partial charge on any atom is 0.260 e. The minimum atomic E-state index is -0.307. The number of hydrogen-bond donors (Lipinski definition) is 1. The number of rotatable bonds is 4. The second kappa shape index (κ2) is 7.65. The Balaban J connectivity index is 2.03. The molecule has 0 aliphatic heterocycles. The fraction of sp³-hybridized carbons (Fsp3) is 0.0500. The number of aryl methyl sites for hydroxylation is 1. The third-order valence-corrected chi connectivity index (χ3v) is 3.81. The Morgan fingerprint density at radius 1 is 0.926 bits per heavy atom. The average molecular weight is 352 g/mol. The summed E-state index contributed by atoms with van der Waals surface area (Å²) in [6, 6.07) is 19.9. The highest BCUT2D eigenvalue weighted by Gasteiger charge is 2.16. The summed E-state index contributed by atoms with van der Waals surface area (Å²) in [6.45, 7) is 1.95. The topological polar surface area (TPSA) is 122 Å². The number of hydrogen-bond acceptors (Lipinski definition) is 7. The molecule has 27 heavy (non-hydrogen) atoms. The van der Waals surface area contributed by atoms with Gasteiger partial charge < -0.3 is 9.84 Å². The minimum absolute atomic E-state index is 0.147. The number of nitriles is 3. The molecule has 128 valence electrons. The van der Waals surface area contributed by atoms with E-state index in [2.05, 4.69) is 15.5 Å². The first kappa shape index (κ1) is 17.4. The van der Waals surface area contributed by atoms with Gasteiger partial charge in [0, 0.05) is 5.56 Å². The Kier molecular flexibility index (Phi) is 4.93. The molecule has 0 radical (unpaired) electrons. The summed E-state index contributed by atoms with van der Waals surface area (Å²) in [6.07, 6.45) is 0. The molecule has 0 amide bonds. The number of para-hydroxylation sites is 1. The van der Waals surface area contributed by atoms with Gasteiger partial charge in [0.15, 0.2) is 5.57 Å². The van der Waals surface area contributed by atoms with Crippen molar-refractivity contribution in [3.8, 4) is 41.0 Å². The Hall–Kier alpha value is -4.41. The first-order valence-electron chi connectivity index (χ1n) is 7.88. The van der Waals surface area contributed by atoms with Gasteiger partial charge >= 0.3 is 0 Å². The van der Waals surface area contributed by atoms with E-state index < -0.39 is 0 Å². The van der Waals surface area contributed by atoms with Gasteiger partial charge in [0.1, 0.15) is 23.9 Å². The Morgan fingerprint density at radius 2 is 1.59 bits per heavy atom. The first-order chi connectivity index (χ1) is 13.2. The zero-order valence-corrected chi connectivity index (χ0v) is 14.3. The van der Waals surface area contributed by atoms with E-state index in [1.54, 1.807) is 36.4 Å². The third kappa shape index (κ3) is 3.51. The van der Waals surface area contributed by atoms with Gasteiger partial charge in [-0.15, -0.1) is 0 Å². The fourth-order valence-corrected chi connectivity index (χ4v) is 2.46. The van der Waals surface area contributed by atoms with Crippen molar-refractivity contribution in [1.82, 2.24) is 10.1 Å². The number of anilines is 1. The van der Waals surface area contributed by atoms with Crippen molar-refractivity contribution in [3.05, 3.63) is 65.4 Å². The van der Waals surface area contributed by atoms with Crippen molar-refractivity contribution in [3.63, 3.8) is 0 Å². The van der Waals surface area contributed by atoms with Crippen LogP contribution in [0.3, 0.4) is 0 Å². The summed E-state index contributed by atoms with van der Waals surface area (Å²) in [5, 5.41) is 34.1. The summed E-state index contributed by atoms with van der Waals surface area (Å²) in [5.41, 5.74) is 2.43. The highest BCUT2D eigenvalue weighted by atomic mass is 16.5. The lowest BCUT2D eigenvalue weighted by Gasteiger charge is -2.08. The fourth-order valence-electron chi connectivity index (χ4n) is 2.46. The van der Waals surface area contributed by atoms with E-state index >= 15 is 0 Å². The lowest BCUT2D eigenvalue weighted by atomic mass is 10.1. The molecular weight excluding hydrogens is 340 g/mol. The molecule has 1 aromatic heterocycles. The number of benzene rings is 2. The average Bonchev–Trinajstić information content (AvgIpc) is 3.18. The van der Waals surface area contributed by atoms with Crippen LogP contribution in [0.15, 0.2) is 64.3 Å². The highest BCUT2D eigenvalue weighted by molar-refractivity contribution is 5.76. The number of nitrogens with one attached hydrogen (secondary N) is 1. The molecule has 7 nitrogen and oxygen atoms in total. The zero-order chi connectivity index (χ0) is 19.2. The SMILES string of the molecule is Cc1ccccc1-c1noc(-c2ccccc2NC(C#N)=C(C#N)C#N)n1. The maximum absolute atomic E-state index is 9.24. The highest BCUT2D eigenvalue weighted by Crippen LogP contribution is 2.30. The van der Waals surface area contributed by atoms with Crippen LogP contribution in [0.1, 0.15) is 5.56 Å². The maximum atomic E-state index is 9.24. The number of allylic oxidation sites excluding steroid dienone is 2. The molecule has 0 unspecified atom stereocenters. The monoisotopic (exact) mass is 352 g/mol. The second-order valence-corrected chi connectivity index (χ2v) is 5.49. The first-order valence-corrected chi connectivity index (χ1v) is 7.88. The largest absolute Gasteiger partial charge is 0.344 e. The van der Waals surface area contributed by atoms with Crippen LogP contribution >= 0.6 is 0 Å². The molecule has 3 aromatic rings. The van der Waals surface area contributed by atoms with Gasteiger partial charge in [-0.3, -0.25) is 0 Å². The van der Waals surface area contributed by atoms with E-state index in [-0.39, 0.29) is 17.2 Å². The molecule has 7 heteroatoms. The van der Waals surface area contributed by atoms with Crippen molar-refractivity contribution < 1.29 is 4.52 Å². The van der Waals surface area contributed by atoms with Crippen molar-refractivity contribution in [2.24, 2.45) is 0 Å². The molecule has 2 aromatic carbocycles. The molecule has 0 spiro atoms. The zero-order valence-electron chi connectivity index (χ0n) is 14.3. The van der Waals surface area contributed by atoms with E-state index in [1.807, 2.05) is 37.3 Å². The molecule has 0 atom stereocenters. The predicted octanol–water partition coefficient (Wildman–Crippen LogP) is 3.95. The standard InChI is InChI=1S/C20H12N6O/c1-13-6-2-3-7-15(13)19-25-20(27-26-19)16-8-4-5-9-17(16)24-18(12-23)14(10-21)11-22/h2-9,24H,1H3. The molecule has 0 bridgehead atoms. The van der Waals surface area contributed by atoms with Crippen LogP contribution in [0, 0.1) is 40.9 Å². The molecule has 0 saturated heterocycles. The van der Waals surface area contributed by atoms with Crippen molar-refractivity contribution in [1.29, 1.82) is 15.8 Å². The number of nitrogens with zero attached hydrogens (tertiary/aromatic N) is 5. The van der Waals surface area contributed by atoms with Crippen LogP contribution in [0.5, 0.6) is 0 Å². The van der Waals surface area contributed by atoms with Crippen LogP contribution in [-0.2, 0) is 0 Å². The molecule has 0 saturated carbocycles. The smallest absolute Gasteiger partial charge is 0.260 e. The van der Waals surface area contributed by atoms with Crippen LogP contribution in [0.4, 0.5) is 5.69 Å². The molecule has 0 aliphatic carbocycles. The van der Waals surface area contributed by atoms with Crippen molar-refractivity contribution in [2.45, 2.75) is 6.92 Å². The summed E-state index contributed by atoms with van der Waals surface area (Å²) < 4.78 is 5.40. The molecule has 0 fully saturated rings. The van der Waals surface area contributed by atoms with E-state index in [0.717, 1.165) is 11.1 Å². The quantitative estimate of drug-likeness (QED) is 0.705. The normalized spacial score (nSPS) is 9.56. The van der Waals surface area contributed by atoms with Crippen LogP contribution in [0.2, 0.25) is 0 Å². The van der Waals surface area contributed by atoms with Gasteiger partial charge in [-0.1, -0.05) is 41.6 Å². The summed E-state index contributed by atoms with van der Waals surface area (Å²) in [7, 11) is 0. The van der Waals surface area contributed by atoms with Crippen LogP contribution in [-0.4, -0.2) is 10.1 Å². The van der Waals surface area contributed by atoms with Gasteiger partial charge in [0.25, 0.3) is 5.89 Å². The molecule has 3 rings (SSSR count). The minimum Gasteiger partial charge on any atom is -0.344 e. The van der Waals surface area contributed by atoms with E-state index in [9.17, 15) is 5.26 Å². The van der Waals surface area contributed by atoms with Gasteiger partial charge in [-0.25, -0.2) is 0 Å². The Morgan fingerprint density at radius 3 is 2.26 bits per heavy atom. The molecule has 0 aliphatic rings. The lowest BCUT2D eigenvalue weighted by Crippen LogP contribution is -2.02. The summed E-state index contributed by atoms with van der Waals surface area (Å²) in [5.74, 6) is 0.702. The van der Waals surface area contributed by atoms with Crippen LogP contribution < -0.4 is 5.32 Å². The van der Waals surface area contributed by atoms with Crippen molar-refractivity contribution in [2.75, 3.05) is 5.32 Å². The second-order valence-electron chi connectivity index (χ2n) is 5.49. The van der Waals surface area contributed by atoms with Gasteiger partial charge in [-0.05, 0) is 24.6 Å². The summed E-state index contributed by atoms with van der Waals surface area (Å²) >= 11 is 0. The number of aromatic nitrogens is 2. The van der Waals surface area contributed by atoms with E-state index in [0.29, 0.717) is 17.1 Å². The van der Waals surface area contributed by atoms with Gasteiger partial charge in [0.2, 0.25) is 5.82 Å². The lowest BCUT2D eigenvalue weighted by molar-refractivity contribution is 0.432. The van der Waals surface area contributed by atoms with Gasteiger partial charge in [-0.2, -0.15) is 20.8 Å². The molecule has 1 heterocycles. The van der Waals surface area contributed by atoms with Gasteiger partial charge in [0.05, 0.1) is 11.3 Å². The van der Waals surface area contributed by atoms with Crippen molar-refractivity contribution >= 4 is 5.69 Å². The predicted molar refractivity (Wildman–Crippen MR) is 97.4 cm³/mol. The van der Waals surface area contributed by atoms with E-state index in [4.69, 9.17) is 15.0 Å². The van der Waals surface area contributed by atoms with Crippen LogP contribution in [0.25, 0.3) is 22.8 Å².